The maximum atomic E-state index is 12.9. The summed E-state index contributed by atoms with van der Waals surface area (Å²) in [5, 5.41) is 8.96. The van der Waals surface area contributed by atoms with Crippen LogP contribution in [0.3, 0.4) is 0 Å². The fourth-order valence-electron chi connectivity index (χ4n) is 3.45. The number of aryl methyl sites for hydroxylation is 2. The van der Waals surface area contributed by atoms with E-state index in [4.69, 9.17) is 4.74 Å². The average molecular weight is 466 g/mol. The third-order valence-electron chi connectivity index (χ3n) is 5.50. The quantitative estimate of drug-likeness (QED) is 0.285. The summed E-state index contributed by atoms with van der Waals surface area (Å²) in [5.74, 6) is -0.0426. The van der Waals surface area contributed by atoms with Crippen LogP contribution in [0.25, 0.3) is 0 Å². The second-order valence-electron chi connectivity index (χ2n) is 8.15. The van der Waals surface area contributed by atoms with E-state index in [1.165, 1.54) is 0 Å². The second kappa shape index (κ2) is 11.0. The number of anilines is 4. The second-order valence-corrected chi connectivity index (χ2v) is 8.15. The van der Waals surface area contributed by atoms with Crippen LogP contribution >= 0.6 is 0 Å². The van der Waals surface area contributed by atoms with Crippen molar-refractivity contribution in [3.05, 3.63) is 114 Å². The molecule has 0 bridgehead atoms. The Morgan fingerprint density at radius 3 is 2.09 bits per heavy atom. The Hall–Kier alpha value is -4.58. The highest BCUT2D eigenvalue weighted by molar-refractivity contribution is 6.10. The van der Waals surface area contributed by atoms with Gasteiger partial charge in [0.05, 0.1) is 11.3 Å². The fourth-order valence-corrected chi connectivity index (χ4v) is 3.45. The van der Waals surface area contributed by atoms with Crippen LogP contribution in [-0.2, 0) is 4.79 Å². The Morgan fingerprint density at radius 2 is 1.34 bits per heavy atom. The topological polar surface area (TPSA) is 79.5 Å². The van der Waals surface area contributed by atoms with Gasteiger partial charge in [-0.05, 0) is 85.6 Å². The van der Waals surface area contributed by atoms with E-state index in [2.05, 4.69) is 16.0 Å². The lowest BCUT2D eigenvalue weighted by atomic mass is 10.1. The van der Waals surface area contributed by atoms with Crippen LogP contribution in [-0.4, -0.2) is 18.4 Å². The molecule has 4 rings (SSSR count). The van der Waals surface area contributed by atoms with Gasteiger partial charge in [-0.1, -0.05) is 36.4 Å². The van der Waals surface area contributed by atoms with Crippen molar-refractivity contribution >= 4 is 34.6 Å². The molecule has 0 aliphatic rings. The zero-order valence-electron chi connectivity index (χ0n) is 19.7. The van der Waals surface area contributed by atoms with Crippen LogP contribution in [0.5, 0.6) is 5.75 Å². The third-order valence-corrected chi connectivity index (χ3v) is 5.50. The van der Waals surface area contributed by atoms with E-state index in [0.717, 1.165) is 22.5 Å². The van der Waals surface area contributed by atoms with E-state index >= 15 is 0 Å². The van der Waals surface area contributed by atoms with E-state index < -0.39 is 0 Å². The molecule has 6 heteroatoms. The van der Waals surface area contributed by atoms with Crippen molar-refractivity contribution in [3.63, 3.8) is 0 Å². The van der Waals surface area contributed by atoms with E-state index in [1.54, 1.807) is 24.3 Å². The molecule has 0 saturated heterocycles. The van der Waals surface area contributed by atoms with Crippen LogP contribution in [0.4, 0.5) is 22.7 Å². The Kier molecular flexibility index (Phi) is 7.43. The molecule has 35 heavy (non-hydrogen) atoms. The number of amides is 2. The summed E-state index contributed by atoms with van der Waals surface area (Å²) in [5.41, 5.74) is 5.56. The Labute approximate surface area is 205 Å². The minimum absolute atomic E-state index is 0.158. The van der Waals surface area contributed by atoms with Crippen molar-refractivity contribution < 1.29 is 14.3 Å². The van der Waals surface area contributed by atoms with Crippen LogP contribution in [0, 0.1) is 13.8 Å². The Bertz CT molecular complexity index is 1320. The highest BCUT2D eigenvalue weighted by atomic mass is 16.5. The number of nitrogens with one attached hydrogen (secondary N) is 3. The SMILES string of the molecule is Cc1ccc(OCC(=O)Nc2ccccc2C(=O)Nc2ccc(Nc3ccccc3)cc2)cc1C. The lowest BCUT2D eigenvalue weighted by Gasteiger charge is -2.13. The number of hydrogen-bond donors (Lipinski definition) is 3. The summed E-state index contributed by atoms with van der Waals surface area (Å²) < 4.78 is 5.61. The first-order valence-electron chi connectivity index (χ1n) is 11.3. The largest absolute Gasteiger partial charge is 0.484 e. The summed E-state index contributed by atoms with van der Waals surface area (Å²) in [6.07, 6.45) is 0. The number of carbonyl (C=O) groups is 2. The fraction of sp³-hybridized carbons (Fsp3) is 0.103. The molecule has 0 atom stereocenters. The monoisotopic (exact) mass is 465 g/mol. The van der Waals surface area contributed by atoms with Crippen LogP contribution in [0.2, 0.25) is 0 Å². The van der Waals surface area contributed by atoms with Crippen molar-refractivity contribution in [2.24, 2.45) is 0 Å². The molecule has 2 amide bonds. The van der Waals surface area contributed by atoms with Gasteiger partial charge >= 0.3 is 0 Å². The summed E-state index contributed by atoms with van der Waals surface area (Å²) in [4.78, 5) is 25.4. The lowest BCUT2D eigenvalue weighted by Crippen LogP contribution is -2.22. The minimum Gasteiger partial charge on any atom is -0.484 e. The number of hydrogen-bond acceptors (Lipinski definition) is 4. The molecule has 0 aromatic heterocycles. The smallest absolute Gasteiger partial charge is 0.262 e. The third kappa shape index (κ3) is 6.48. The number of benzene rings is 4. The molecule has 6 nitrogen and oxygen atoms in total. The van der Waals surface area contributed by atoms with Gasteiger partial charge in [-0.2, -0.15) is 0 Å². The molecule has 0 spiro atoms. The molecule has 0 aliphatic heterocycles. The zero-order chi connectivity index (χ0) is 24.6. The van der Waals surface area contributed by atoms with Crippen LogP contribution in [0.1, 0.15) is 21.5 Å². The molecule has 0 radical (unpaired) electrons. The molecular weight excluding hydrogens is 438 g/mol. The van der Waals surface area contributed by atoms with Gasteiger partial charge < -0.3 is 20.7 Å². The highest BCUT2D eigenvalue weighted by Gasteiger charge is 2.14. The molecule has 0 unspecified atom stereocenters. The first-order chi connectivity index (χ1) is 17.0. The van der Waals surface area contributed by atoms with Crippen molar-refractivity contribution in [3.8, 4) is 5.75 Å². The van der Waals surface area contributed by atoms with Gasteiger partial charge in [0.1, 0.15) is 5.75 Å². The maximum absolute atomic E-state index is 12.9. The maximum Gasteiger partial charge on any atom is 0.262 e. The van der Waals surface area contributed by atoms with Gasteiger partial charge in [0, 0.05) is 17.1 Å². The number of rotatable bonds is 8. The number of para-hydroxylation sites is 2. The molecule has 4 aromatic carbocycles. The van der Waals surface area contributed by atoms with Gasteiger partial charge in [-0.25, -0.2) is 0 Å². The van der Waals surface area contributed by atoms with Gasteiger partial charge in [-0.3, -0.25) is 9.59 Å². The van der Waals surface area contributed by atoms with Crippen LogP contribution < -0.4 is 20.7 Å². The predicted molar refractivity (Wildman–Crippen MR) is 141 cm³/mol. The molecular formula is C29H27N3O3. The standard InChI is InChI=1S/C29H27N3O3/c1-20-12-17-25(18-21(20)2)35-19-28(33)32-27-11-7-6-10-26(27)29(34)31-24-15-13-23(14-16-24)30-22-8-4-3-5-9-22/h3-18,30H,19H2,1-2H3,(H,31,34)(H,32,33). The van der Waals surface area contributed by atoms with Gasteiger partial charge in [-0.15, -0.1) is 0 Å². The van der Waals surface area contributed by atoms with E-state index in [0.29, 0.717) is 22.7 Å². The van der Waals surface area contributed by atoms with Crippen LogP contribution in [0.15, 0.2) is 97.1 Å². The van der Waals surface area contributed by atoms with Crippen molar-refractivity contribution in [1.82, 2.24) is 0 Å². The highest BCUT2D eigenvalue weighted by Crippen LogP contribution is 2.21. The Morgan fingerprint density at radius 1 is 0.686 bits per heavy atom. The predicted octanol–water partition coefficient (Wildman–Crippen LogP) is 6.32. The van der Waals surface area contributed by atoms with E-state index in [9.17, 15) is 9.59 Å². The minimum atomic E-state index is -0.347. The number of carbonyl (C=O) groups excluding carboxylic acids is 2. The first kappa shape index (κ1) is 23.6. The average Bonchev–Trinajstić information content (AvgIpc) is 2.87. The summed E-state index contributed by atoms with van der Waals surface area (Å²) >= 11 is 0. The van der Waals surface area contributed by atoms with Crippen molar-refractivity contribution in [1.29, 1.82) is 0 Å². The van der Waals surface area contributed by atoms with E-state index in [-0.39, 0.29) is 18.4 Å². The van der Waals surface area contributed by atoms with Crippen molar-refractivity contribution in [2.75, 3.05) is 22.6 Å². The summed E-state index contributed by atoms with van der Waals surface area (Å²) in [6.45, 7) is 3.85. The molecule has 3 N–H and O–H groups in total. The summed E-state index contributed by atoms with van der Waals surface area (Å²) in [7, 11) is 0. The Balaban J connectivity index is 1.36. The normalized spacial score (nSPS) is 10.3. The molecule has 0 fully saturated rings. The molecule has 0 aliphatic carbocycles. The summed E-state index contributed by atoms with van der Waals surface area (Å²) in [6, 6.07) is 29.8. The van der Waals surface area contributed by atoms with Crippen molar-refractivity contribution in [2.45, 2.75) is 13.8 Å². The lowest BCUT2D eigenvalue weighted by molar-refractivity contribution is -0.118. The molecule has 4 aromatic rings. The zero-order valence-corrected chi connectivity index (χ0v) is 19.7. The molecule has 0 heterocycles. The van der Waals surface area contributed by atoms with Gasteiger partial charge in [0.25, 0.3) is 11.8 Å². The first-order valence-corrected chi connectivity index (χ1v) is 11.3. The number of ether oxygens (including phenoxy) is 1. The van der Waals surface area contributed by atoms with Gasteiger partial charge in [0.2, 0.25) is 0 Å². The molecule has 0 saturated carbocycles. The van der Waals surface area contributed by atoms with E-state index in [1.807, 2.05) is 86.6 Å². The van der Waals surface area contributed by atoms with Gasteiger partial charge in [0.15, 0.2) is 6.61 Å². The molecule has 176 valence electrons.